The zero-order valence-corrected chi connectivity index (χ0v) is 37.2. The molecule has 59 heavy (non-hydrogen) atoms. The smallest absolute Gasteiger partial charge is 0.408 e. The molecule has 3 aromatic rings. The molecular formula is C42H59N7O8S2. The zero-order chi connectivity index (χ0) is 43.0. The number of fused-ring (bicyclic) bond motifs is 3. The van der Waals surface area contributed by atoms with Crippen LogP contribution >= 0.6 is 11.3 Å². The first kappa shape index (κ1) is 44.2. The molecule has 2 fully saturated rings. The summed E-state index contributed by atoms with van der Waals surface area (Å²) >= 11 is 1.56. The van der Waals surface area contributed by atoms with Crippen LogP contribution in [0.15, 0.2) is 35.7 Å². The SMILES string of the molecule is CC(C)c1csc(-c2cccc3c2nc(O[C@@H]2C[C@H]4C(=O)C[C@]5(C(=O)NS(=O)(=O)N(C)C)C[C@H]5/C=C\CCCCC[C@H](NC(=O)OC(C)(C)C)C(=O)N4C2)n3C(C)C)n1. The van der Waals surface area contributed by atoms with E-state index in [9.17, 15) is 27.6 Å². The first-order valence-electron chi connectivity index (χ1n) is 20.6. The average Bonchev–Trinajstić information content (AvgIpc) is 3.50. The Morgan fingerprint density at radius 2 is 1.81 bits per heavy atom. The molecule has 1 aromatic carbocycles. The Morgan fingerprint density at radius 3 is 2.47 bits per heavy atom. The summed E-state index contributed by atoms with van der Waals surface area (Å²) in [6, 6.07) is 4.18. The monoisotopic (exact) mass is 853 g/mol. The number of ketones is 1. The molecule has 3 amide bonds. The van der Waals surface area contributed by atoms with Crippen molar-refractivity contribution in [1.29, 1.82) is 0 Å². The van der Waals surface area contributed by atoms with Gasteiger partial charge >= 0.3 is 16.3 Å². The Morgan fingerprint density at radius 1 is 1.07 bits per heavy atom. The number of rotatable bonds is 9. The minimum atomic E-state index is -4.14. The number of carbonyl (C=O) groups is 4. The molecule has 5 atom stereocenters. The number of allylic oxidation sites excluding steroid dienone is 2. The van der Waals surface area contributed by atoms with E-state index in [4.69, 9.17) is 19.4 Å². The minimum Gasteiger partial charge on any atom is -0.459 e. The summed E-state index contributed by atoms with van der Waals surface area (Å²) < 4.78 is 43.0. The van der Waals surface area contributed by atoms with Gasteiger partial charge in [-0.15, -0.1) is 11.3 Å². The molecule has 2 aromatic heterocycles. The molecule has 0 spiro atoms. The van der Waals surface area contributed by atoms with Crippen molar-refractivity contribution in [3.63, 3.8) is 0 Å². The van der Waals surface area contributed by atoms with Gasteiger partial charge in [0, 0.05) is 43.9 Å². The molecule has 15 nitrogen and oxygen atoms in total. The molecule has 1 aliphatic carbocycles. The van der Waals surface area contributed by atoms with Crippen molar-refractivity contribution in [1.82, 2.24) is 33.8 Å². The van der Waals surface area contributed by atoms with Crippen molar-refractivity contribution in [3.05, 3.63) is 41.4 Å². The van der Waals surface area contributed by atoms with Gasteiger partial charge in [0.05, 0.1) is 29.2 Å². The molecule has 2 N–H and O–H groups in total. The molecule has 6 rings (SSSR count). The van der Waals surface area contributed by atoms with Crippen LogP contribution in [-0.4, -0.2) is 100 Å². The predicted molar refractivity (Wildman–Crippen MR) is 226 cm³/mol. The van der Waals surface area contributed by atoms with Gasteiger partial charge in [0.1, 0.15) is 28.3 Å². The van der Waals surface area contributed by atoms with Crippen molar-refractivity contribution >= 4 is 56.3 Å². The van der Waals surface area contributed by atoms with Crippen LogP contribution in [0.2, 0.25) is 0 Å². The number of alkyl carbamates (subject to hydrolysis) is 1. The Labute approximate surface area is 351 Å². The quantitative estimate of drug-likeness (QED) is 0.225. The third-order valence-corrected chi connectivity index (χ3v) is 13.5. The Hall–Kier alpha value is -4.35. The number of nitrogens with one attached hydrogen (secondary N) is 2. The maximum atomic E-state index is 14.7. The first-order valence-corrected chi connectivity index (χ1v) is 22.9. The highest BCUT2D eigenvalue weighted by Gasteiger charge is 2.61. The predicted octanol–water partition coefficient (Wildman–Crippen LogP) is 6.51. The highest BCUT2D eigenvalue weighted by atomic mass is 32.2. The van der Waals surface area contributed by atoms with Gasteiger partial charge in [-0.2, -0.15) is 17.7 Å². The van der Waals surface area contributed by atoms with Gasteiger partial charge in [0.15, 0.2) is 5.78 Å². The van der Waals surface area contributed by atoms with Gasteiger partial charge in [0.25, 0.3) is 6.01 Å². The number of benzene rings is 1. The van der Waals surface area contributed by atoms with Gasteiger partial charge in [-0.05, 0) is 84.3 Å². The summed E-state index contributed by atoms with van der Waals surface area (Å²) in [5, 5.41) is 5.69. The summed E-state index contributed by atoms with van der Waals surface area (Å²) in [7, 11) is -1.50. The van der Waals surface area contributed by atoms with E-state index in [1.165, 1.54) is 19.0 Å². The van der Waals surface area contributed by atoms with Gasteiger partial charge < -0.3 is 19.7 Å². The minimum absolute atomic E-state index is 0.0116. The second kappa shape index (κ2) is 17.3. The molecule has 4 heterocycles. The molecule has 0 unspecified atom stereocenters. The molecule has 2 aliphatic heterocycles. The maximum Gasteiger partial charge on any atom is 0.408 e. The lowest BCUT2D eigenvalue weighted by atomic mass is 9.91. The number of hydrogen-bond acceptors (Lipinski definition) is 11. The second-order valence-corrected chi connectivity index (χ2v) is 20.6. The largest absolute Gasteiger partial charge is 0.459 e. The number of ether oxygens (including phenoxy) is 2. The number of amides is 3. The number of carbonyl (C=O) groups excluding carboxylic acids is 4. The Balaban J connectivity index is 1.36. The number of para-hydroxylation sites is 1. The van der Waals surface area contributed by atoms with Crippen molar-refractivity contribution in [2.75, 3.05) is 20.6 Å². The molecular weight excluding hydrogens is 795 g/mol. The van der Waals surface area contributed by atoms with Crippen LogP contribution in [0.5, 0.6) is 6.01 Å². The van der Waals surface area contributed by atoms with Crippen LogP contribution in [0.4, 0.5) is 4.79 Å². The van der Waals surface area contributed by atoms with Crippen LogP contribution in [0.25, 0.3) is 21.6 Å². The summed E-state index contributed by atoms with van der Waals surface area (Å²) in [4.78, 5) is 67.7. The van der Waals surface area contributed by atoms with E-state index in [1.54, 1.807) is 32.1 Å². The van der Waals surface area contributed by atoms with Gasteiger partial charge in [-0.3, -0.25) is 19.0 Å². The number of imidazole rings is 1. The van der Waals surface area contributed by atoms with Gasteiger partial charge in [-0.1, -0.05) is 44.9 Å². The topological polar surface area (TPSA) is 182 Å². The van der Waals surface area contributed by atoms with E-state index in [2.05, 4.69) is 29.3 Å². The molecule has 322 valence electrons. The summed E-state index contributed by atoms with van der Waals surface area (Å²) in [5.74, 6) is -1.70. The van der Waals surface area contributed by atoms with Crippen molar-refractivity contribution in [2.24, 2.45) is 11.3 Å². The fraction of sp³-hybridized carbons (Fsp3) is 0.619. The number of Topliss-reactive ketones (excluding diaryl/α,β-unsaturated/α-hetero) is 1. The standard InChI is InChI=1S/C42H59N7O8S2/c1-25(2)31-24-58-36(43-31)29-17-15-19-32-35(29)45-39(49(32)26(3)4)56-28-20-33-34(50)22-42(38(52)46-59(54,55)47(8)9)21-27(42)16-13-11-10-12-14-18-30(37(51)48(33)23-28)44-40(53)57-41(5,6)7/h13,15-17,19,24-28,30,33H,10-12,14,18,20-23H2,1-9H3,(H,44,53)(H,46,52)/b16-13-/t27-,28-,30+,33+,42-/m1/s1. The third kappa shape index (κ3) is 9.83. The van der Waals surface area contributed by atoms with E-state index in [1.807, 2.05) is 48.8 Å². The lowest BCUT2D eigenvalue weighted by molar-refractivity contribution is -0.140. The van der Waals surface area contributed by atoms with Crippen molar-refractivity contribution in [3.8, 4) is 16.6 Å². The van der Waals surface area contributed by atoms with E-state index in [0.29, 0.717) is 25.3 Å². The van der Waals surface area contributed by atoms with E-state index >= 15 is 0 Å². The highest BCUT2D eigenvalue weighted by molar-refractivity contribution is 7.87. The number of thiazole rings is 1. The lowest BCUT2D eigenvalue weighted by Gasteiger charge is -2.30. The molecule has 1 saturated heterocycles. The van der Waals surface area contributed by atoms with Gasteiger partial charge in [0.2, 0.25) is 11.8 Å². The molecule has 17 heteroatoms. The van der Waals surface area contributed by atoms with Crippen molar-refractivity contribution in [2.45, 2.75) is 136 Å². The molecule has 0 bridgehead atoms. The van der Waals surface area contributed by atoms with Crippen LogP contribution in [0.3, 0.4) is 0 Å². The van der Waals surface area contributed by atoms with Crippen LogP contribution in [-0.2, 0) is 29.3 Å². The molecule has 3 aliphatic rings. The third-order valence-electron chi connectivity index (χ3n) is 11.2. The second-order valence-electron chi connectivity index (χ2n) is 17.8. The Bertz CT molecular complexity index is 2210. The average molecular weight is 854 g/mol. The highest BCUT2D eigenvalue weighted by Crippen LogP contribution is 2.57. The lowest BCUT2D eigenvalue weighted by Crippen LogP contribution is -2.53. The summed E-state index contributed by atoms with van der Waals surface area (Å²) in [6.45, 7) is 13.5. The number of hydrogen-bond donors (Lipinski definition) is 2. The van der Waals surface area contributed by atoms with Crippen molar-refractivity contribution < 1.29 is 37.1 Å². The van der Waals surface area contributed by atoms with E-state index < -0.39 is 63.1 Å². The fourth-order valence-corrected chi connectivity index (χ4v) is 9.56. The zero-order valence-electron chi connectivity index (χ0n) is 35.6. The van der Waals surface area contributed by atoms with Crippen LogP contribution in [0.1, 0.15) is 117 Å². The normalized spacial score (nSPS) is 25.1. The summed E-state index contributed by atoms with van der Waals surface area (Å²) in [6.07, 6.45) is 5.76. The summed E-state index contributed by atoms with van der Waals surface area (Å²) in [5.41, 5.74) is 1.32. The molecule has 0 radical (unpaired) electrons. The fourth-order valence-electron chi connectivity index (χ4n) is 7.93. The number of nitrogens with zero attached hydrogens (tertiary/aromatic N) is 5. The molecule has 1 saturated carbocycles. The van der Waals surface area contributed by atoms with Gasteiger partial charge in [-0.25, -0.2) is 14.5 Å². The van der Waals surface area contributed by atoms with Crippen LogP contribution in [0, 0.1) is 11.3 Å². The van der Waals surface area contributed by atoms with E-state index in [0.717, 1.165) is 44.4 Å². The van der Waals surface area contributed by atoms with Crippen LogP contribution < -0.4 is 14.8 Å². The first-order chi connectivity index (χ1) is 27.7. The maximum absolute atomic E-state index is 14.7. The Kier molecular flexibility index (Phi) is 13.0. The van der Waals surface area contributed by atoms with E-state index in [-0.39, 0.29) is 43.7 Å². The number of aromatic nitrogens is 3.